The number of hydrogen-bond acceptors (Lipinski definition) is 3. The van der Waals surface area contributed by atoms with E-state index in [9.17, 15) is 4.79 Å². The molecule has 1 aromatic heterocycles. The Hall–Kier alpha value is -2.30. The van der Waals surface area contributed by atoms with Crippen LogP contribution in [0.25, 0.3) is 0 Å². The van der Waals surface area contributed by atoms with Crippen LogP contribution in [0.5, 0.6) is 0 Å². The number of hydrogen-bond donors (Lipinski definition) is 0. The third-order valence-electron chi connectivity index (χ3n) is 4.79. The van der Waals surface area contributed by atoms with Crippen molar-refractivity contribution >= 4 is 11.6 Å². The fraction of sp³-hybridized carbons (Fsp3) is 0.474. The summed E-state index contributed by atoms with van der Waals surface area (Å²) in [6.45, 7) is 7.65. The summed E-state index contributed by atoms with van der Waals surface area (Å²) in [7, 11) is 1.88. The second kappa shape index (κ2) is 7.07. The van der Waals surface area contributed by atoms with E-state index in [-0.39, 0.29) is 5.91 Å². The van der Waals surface area contributed by atoms with Gasteiger partial charge in [-0.1, -0.05) is 18.2 Å². The molecular formula is C19H26N4O. The van der Waals surface area contributed by atoms with Gasteiger partial charge in [0.2, 0.25) is 0 Å². The minimum absolute atomic E-state index is 0.0171. The van der Waals surface area contributed by atoms with Gasteiger partial charge in [0.05, 0.1) is 0 Å². The number of amides is 1. The van der Waals surface area contributed by atoms with Gasteiger partial charge < -0.3 is 9.80 Å². The molecule has 1 aromatic carbocycles. The molecule has 0 saturated carbocycles. The van der Waals surface area contributed by atoms with Gasteiger partial charge in [-0.25, -0.2) is 0 Å². The molecule has 0 aliphatic carbocycles. The molecule has 0 spiro atoms. The minimum Gasteiger partial charge on any atom is -0.371 e. The maximum absolute atomic E-state index is 12.6. The van der Waals surface area contributed by atoms with E-state index in [4.69, 9.17) is 0 Å². The van der Waals surface area contributed by atoms with Gasteiger partial charge in [-0.3, -0.25) is 9.48 Å². The quantitative estimate of drug-likeness (QED) is 0.848. The van der Waals surface area contributed by atoms with E-state index in [1.807, 2.05) is 42.6 Å². The number of nitrogens with zero attached hydrogens (tertiary/aromatic N) is 4. The number of aryl methyl sites for hydroxylation is 2. The Morgan fingerprint density at radius 3 is 2.75 bits per heavy atom. The fourth-order valence-corrected chi connectivity index (χ4v) is 3.46. The zero-order valence-electron chi connectivity index (χ0n) is 14.8. The maximum Gasteiger partial charge on any atom is 0.274 e. The van der Waals surface area contributed by atoms with Crippen LogP contribution in [0.2, 0.25) is 0 Å². The maximum atomic E-state index is 12.6. The van der Waals surface area contributed by atoms with E-state index in [2.05, 4.69) is 34.3 Å². The van der Waals surface area contributed by atoms with E-state index >= 15 is 0 Å². The Morgan fingerprint density at radius 1 is 1.33 bits per heavy atom. The molecule has 1 unspecified atom stereocenters. The van der Waals surface area contributed by atoms with Crippen molar-refractivity contribution in [1.29, 1.82) is 0 Å². The fourth-order valence-electron chi connectivity index (χ4n) is 3.46. The molecule has 1 aliphatic rings. The first kappa shape index (κ1) is 16.6. The second-order valence-electron chi connectivity index (χ2n) is 6.61. The highest BCUT2D eigenvalue weighted by molar-refractivity contribution is 5.92. The van der Waals surface area contributed by atoms with Crippen molar-refractivity contribution in [2.24, 2.45) is 5.92 Å². The van der Waals surface area contributed by atoms with Crippen molar-refractivity contribution in [3.8, 4) is 0 Å². The first-order valence-corrected chi connectivity index (χ1v) is 8.68. The lowest BCUT2D eigenvalue weighted by Gasteiger charge is -2.22. The van der Waals surface area contributed by atoms with E-state index in [1.54, 1.807) is 0 Å². The minimum atomic E-state index is 0.0171. The molecule has 1 atom stereocenters. The summed E-state index contributed by atoms with van der Waals surface area (Å²) < 4.78 is 1.87. The number of para-hydroxylation sites is 1. The third-order valence-corrected chi connectivity index (χ3v) is 4.79. The van der Waals surface area contributed by atoms with Crippen LogP contribution in [0, 0.1) is 12.8 Å². The normalized spacial score (nSPS) is 17.3. The topological polar surface area (TPSA) is 41.4 Å². The van der Waals surface area contributed by atoms with Gasteiger partial charge in [0.1, 0.15) is 0 Å². The summed E-state index contributed by atoms with van der Waals surface area (Å²) in [6, 6.07) is 12.4. The molecule has 1 fully saturated rings. The molecule has 5 heteroatoms. The van der Waals surface area contributed by atoms with Crippen LogP contribution in [0.15, 0.2) is 36.4 Å². The number of carbonyl (C=O) groups excluding carboxylic acids is 1. The van der Waals surface area contributed by atoms with Crippen LogP contribution < -0.4 is 4.90 Å². The molecular weight excluding hydrogens is 300 g/mol. The predicted molar refractivity (Wildman–Crippen MR) is 96.4 cm³/mol. The average Bonchev–Trinajstić information content (AvgIpc) is 3.21. The average molecular weight is 326 g/mol. The molecule has 5 nitrogen and oxygen atoms in total. The molecule has 1 amide bonds. The lowest BCUT2D eigenvalue weighted by atomic mass is 10.1. The molecule has 3 rings (SSSR count). The van der Waals surface area contributed by atoms with Crippen LogP contribution in [-0.4, -0.2) is 47.3 Å². The Bertz CT molecular complexity index is 695. The van der Waals surface area contributed by atoms with Gasteiger partial charge in [0.25, 0.3) is 5.91 Å². The van der Waals surface area contributed by atoms with Crippen LogP contribution in [0.1, 0.15) is 29.5 Å². The van der Waals surface area contributed by atoms with Crippen LogP contribution in [0.4, 0.5) is 5.69 Å². The van der Waals surface area contributed by atoms with Crippen LogP contribution >= 0.6 is 0 Å². The van der Waals surface area contributed by atoms with Crippen molar-refractivity contribution in [3.63, 3.8) is 0 Å². The van der Waals surface area contributed by atoms with E-state index in [0.29, 0.717) is 11.6 Å². The Balaban J connectivity index is 1.59. The Labute approximate surface area is 143 Å². The number of carbonyl (C=O) groups is 1. The van der Waals surface area contributed by atoms with Gasteiger partial charge in [0.15, 0.2) is 5.69 Å². The van der Waals surface area contributed by atoms with Crippen LogP contribution in [0.3, 0.4) is 0 Å². The third kappa shape index (κ3) is 3.45. The van der Waals surface area contributed by atoms with Gasteiger partial charge in [-0.05, 0) is 44.4 Å². The molecule has 24 heavy (non-hydrogen) atoms. The smallest absolute Gasteiger partial charge is 0.274 e. The molecule has 1 saturated heterocycles. The molecule has 2 aromatic rings. The number of aromatic nitrogens is 2. The van der Waals surface area contributed by atoms with E-state index < -0.39 is 0 Å². The van der Waals surface area contributed by atoms with Crippen molar-refractivity contribution in [1.82, 2.24) is 14.7 Å². The van der Waals surface area contributed by atoms with E-state index in [0.717, 1.165) is 38.3 Å². The van der Waals surface area contributed by atoms with E-state index in [1.165, 1.54) is 5.69 Å². The second-order valence-corrected chi connectivity index (χ2v) is 6.61. The highest BCUT2D eigenvalue weighted by Gasteiger charge is 2.26. The monoisotopic (exact) mass is 326 g/mol. The Morgan fingerprint density at radius 2 is 2.08 bits per heavy atom. The first-order chi connectivity index (χ1) is 11.6. The molecule has 128 valence electrons. The summed E-state index contributed by atoms with van der Waals surface area (Å²) in [4.78, 5) is 16.8. The zero-order chi connectivity index (χ0) is 17.1. The molecule has 0 radical (unpaired) electrons. The van der Waals surface area contributed by atoms with Gasteiger partial charge in [-0.2, -0.15) is 5.10 Å². The van der Waals surface area contributed by atoms with Gasteiger partial charge in [-0.15, -0.1) is 0 Å². The lowest BCUT2D eigenvalue weighted by molar-refractivity contribution is 0.0769. The number of anilines is 1. The number of rotatable bonds is 5. The summed E-state index contributed by atoms with van der Waals surface area (Å²) in [5.74, 6) is 0.525. The van der Waals surface area contributed by atoms with Crippen molar-refractivity contribution in [3.05, 3.63) is 47.8 Å². The van der Waals surface area contributed by atoms with Gasteiger partial charge >= 0.3 is 0 Å². The molecule has 0 bridgehead atoms. The first-order valence-electron chi connectivity index (χ1n) is 8.68. The summed E-state index contributed by atoms with van der Waals surface area (Å²) in [5, 5.41) is 4.40. The van der Waals surface area contributed by atoms with Crippen LogP contribution in [-0.2, 0) is 6.54 Å². The molecule has 0 N–H and O–H groups in total. The number of benzene rings is 1. The largest absolute Gasteiger partial charge is 0.371 e. The zero-order valence-corrected chi connectivity index (χ0v) is 14.8. The Kier molecular flexibility index (Phi) is 4.88. The summed E-state index contributed by atoms with van der Waals surface area (Å²) >= 11 is 0. The highest BCUT2D eigenvalue weighted by Crippen LogP contribution is 2.24. The lowest BCUT2D eigenvalue weighted by Crippen LogP contribution is -2.33. The van der Waals surface area contributed by atoms with Gasteiger partial charge in [0, 0.05) is 44.6 Å². The highest BCUT2D eigenvalue weighted by atomic mass is 16.2. The predicted octanol–water partition coefficient (Wildman–Crippen LogP) is 2.81. The molecule has 2 heterocycles. The summed E-state index contributed by atoms with van der Waals surface area (Å²) in [5.41, 5.74) is 2.85. The summed E-state index contributed by atoms with van der Waals surface area (Å²) in [6.07, 6.45) is 1.12. The SMILES string of the molecule is CCn1nc(C(=O)N(C)CC2CCN(c3ccccc3)C2)cc1C. The van der Waals surface area contributed by atoms with Crippen molar-refractivity contribution in [2.75, 3.05) is 31.6 Å². The van der Waals surface area contributed by atoms with Crippen molar-refractivity contribution < 1.29 is 4.79 Å². The standard InChI is InChI=1S/C19H26N4O/c1-4-23-15(2)12-18(20-23)19(24)21(3)13-16-10-11-22(14-16)17-8-6-5-7-9-17/h5-9,12,16H,4,10-11,13-14H2,1-3H3. The van der Waals surface area contributed by atoms with Crippen molar-refractivity contribution in [2.45, 2.75) is 26.8 Å². The molecule has 1 aliphatic heterocycles.